The zero-order chi connectivity index (χ0) is 27.5. The fraction of sp³-hybridized carbons (Fsp3) is 0.276. The van der Waals surface area contributed by atoms with Gasteiger partial charge >= 0.3 is 0 Å². The largest absolute Gasteiger partial charge is 0.510 e. The second-order valence-electron chi connectivity index (χ2n) is 10.2. The summed E-state index contributed by atoms with van der Waals surface area (Å²) in [6, 6.07) is 11.6. The molecule has 196 valence electrons. The normalized spacial score (nSPS) is 27.0. The van der Waals surface area contributed by atoms with E-state index in [1.165, 1.54) is 11.0 Å². The van der Waals surface area contributed by atoms with Crippen LogP contribution in [-0.2, 0) is 16.0 Å². The first-order valence-electron chi connectivity index (χ1n) is 12.2. The molecule has 0 heterocycles. The highest BCUT2D eigenvalue weighted by Crippen LogP contribution is 2.52. The molecule has 0 spiro atoms. The summed E-state index contributed by atoms with van der Waals surface area (Å²) in [6.07, 6.45) is 4.01. The smallest absolute Gasteiger partial charge is 0.255 e. The van der Waals surface area contributed by atoms with E-state index in [-0.39, 0.29) is 29.7 Å². The molecule has 6 N–H and O–H groups in total. The standard InChI is InChI=1S/C29H28N2O7/c1-31(2)23-18-13-16-12-17-15(9-8-14-6-4-3-5-7-14)10-11-19(32)21(17)24(33)20(16)26(35)29(18,38)27(36)22(25(23)34)28(30)37/h3-11,16,18,23,32,34-35,38H,12-13H2,1-2H3,(H2,30,37)/b9-8+/t16-,18+,23-,29-/m0/s1. The minimum atomic E-state index is -2.65. The number of aliphatic hydroxyl groups is 3. The maximum Gasteiger partial charge on any atom is 0.255 e. The number of phenols is 1. The van der Waals surface area contributed by atoms with E-state index in [4.69, 9.17) is 5.73 Å². The number of likely N-dealkylation sites (N-methyl/N-ethyl adjacent to an activating group) is 1. The van der Waals surface area contributed by atoms with Gasteiger partial charge in [0, 0.05) is 11.5 Å². The van der Waals surface area contributed by atoms with Gasteiger partial charge in [-0.25, -0.2) is 0 Å². The lowest BCUT2D eigenvalue weighted by molar-refractivity contribution is -0.148. The van der Waals surface area contributed by atoms with Crippen LogP contribution in [0.3, 0.4) is 0 Å². The van der Waals surface area contributed by atoms with E-state index in [2.05, 4.69) is 0 Å². The number of aromatic hydroxyl groups is 1. The number of aliphatic hydroxyl groups excluding tert-OH is 2. The van der Waals surface area contributed by atoms with Gasteiger partial charge in [-0.2, -0.15) is 0 Å². The Morgan fingerprint density at radius 2 is 1.74 bits per heavy atom. The number of nitrogens with two attached hydrogens (primary N) is 1. The molecule has 2 aromatic rings. The number of phenolic OH excluding ortho intramolecular Hbond substituents is 1. The monoisotopic (exact) mass is 516 g/mol. The Kier molecular flexibility index (Phi) is 6.00. The number of hydrogen-bond acceptors (Lipinski definition) is 8. The summed E-state index contributed by atoms with van der Waals surface area (Å²) in [5, 5.41) is 44.5. The summed E-state index contributed by atoms with van der Waals surface area (Å²) < 4.78 is 0. The molecule has 0 unspecified atom stereocenters. The molecular formula is C29H28N2O7. The molecule has 0 saturated heterocycles. The first-order chi connectivity index (χ1) is 18.0. The highest BCUT2D eigenvalue weighted by molar-refractivity contribution is 6.24. The van der Waals surface area contributed by atoms with Gasteiger partial charge in [0.15, 0.2) is 11.4 Å². The Labute approximate surface area is 218 Å². The van der Waals surface area contributed by atoms with Gasteiger partial charge in [-0.05, 0) is 55.6 Å². The third-order valence-corrected chi connectivity index (χ3v) is 7.90. The zero-order valence-corrected chi connectivity index (χ0v) is 20.9. The van der Waals surface area contributed by atoms with Crippen molar-refractivity contribution >= 4 is 29.6 Å². The van der Waals surface area contributed by atoms with Crippen molar-refractivity contribution in [2.24, 2.45) is 17.6 Å². The molecule has 5 rings (SSSR count). The lowest BCUT2D eigenvalue weighted by Gasteiger charge is -2.50. The first kappa shape index (κ1) is 25.4. The number of carbonyl (C=O) groups excluding carboxylic acids is 3. The molecule has 38 heavy (non-hydrogen) atoms. The fourth-order valence-electron chi connectivity index (χ4n) is 6.18. The molecule has 3 aliphatic rings. The molecular weight excluding hydrogens is 488 g/mol. The Morgan fingerprint density at radius 3 is 2.37 bits per heavy atom. The van der Waals surface area contributed by atoms with E-state index in [1.807, 2.05) is 42.5 Å². The highest BCUT2D eigenvalue weighted by atomic mass is 16.3. The Hall–Kier alpha value is -4.21. The Morgan fingerprint density at radius 1 is 1.05 bits per heavy atom. The molecule has 4 atom stereocenters. The summed E-state index contributed by atoms with van der Waals surface area (Å²) in [5.41, 5.74) is 3.92. The second kappa shape index (κ2) is 8.97. The van der Waals surface area contributed by atoms with E-state index in [9.17, 15) is 34.8 Å². The maximum absolute atomic E-state index is 13.7. The predicted molar refractivity (Wildman–Crippen MR) is 139 cm³/mol. The van der Waals surface area contributed by atoms with Crippen LogP contribution in [0.2, 0.25) is 0 Å². The van der Waals surface area contributed by atoms with Crippen LogP contribution in [0.15, 0.2) is 65.1 Å². The number of benzene rings is 2. The molecule has 0 fully saturated rings. The van der Waals surface area contributed by atoms with Crippen molar-refractivity contribution in [2.45, 2.75) is 24.5 Å². The van der Waals surface area contributed by atoms with Gasteiger partial charge in [0.25, 0.3) is 5.91 Å². The third kappa shape index (κ3) is 3.58. The average molecular weight is 517 g/mol. The van der Waals surface area contributed by atoms with Crippen molar-refractivity contribution in [2.75, 3.05) is 14.1 Å². The number of primary amides is 1. The van der Waals surface area contributed by atoms with Gasteiger partial charge in [-0.3, -0.25) is 19.3 Å². The van der Waals surface area contributed by atoms with Crippen molar-refractivity contribution in [1.82, 2.24) is 4.90 Å². The van der Waals surface area contributed by atoms with Crippen LogP contribution in [0.1, 0.15) is 33.5 Å². The van der Waals surface area contributed by atoms with Crippen molar-refractivity contribution < 1.29 is 34.8 Å². The Balaban J connectivity index is 1.66. The van der Waals surface area contributed by atoms with Crippen molar-refractivity contribution in [3.05, 3.63) is 87.4 Å². The van der Waals surface area contributed by atoms with E-state index in [0.29, 0.717) is 11.1 Å². The number of ketones is 2. The molecule has 2 aromatic carbocycles. The van der Waals surface area contributed by atoms with Crippen LogP contribution in [0.5, 0.6) is 5.75 Å². The number of hydrogen-bond donors (Lipinski definition) is 5. The maximum atomic E-state index is 13.7. The number of allylic oxidation sites excluding steroid dienone is 1. The zero-order valence-electron chi connectivity index (χ0n) is 20.9. The summed E-state index contributed by atoms with van der Waals surface area (Å²) in [7, 11) is 3.19. The molecule has 1 amide bonds. The molecule has 3 aliphatic carbocycles. The van der Waals surface area contributed by atoms with Crippen LogP contribution in [0, 0.1) is 11.8 Å². The molecule has 0 radical (unpaired) electrons. The quantitative estimate of drug-likeness (QED) is 0.305. The molecule has 9 nitrogen and oxygen atoms in total. The van der Waals surface area contributed by atoms with E-state index < -0.39 is 58.0 Å². The summed E-state index contributed by atoms with van der Waals surface area (Å²) in [6.45, 7) is 0. The Bertz CT molecular complexity index is 1470. The molecule has 0 aliphatic heterocycles. The first-order valence-corrected chi connectivity index (χ1v) is 12.2. The van der Waals surface area contributed by atoms with Gasteiger partial charge in [0.05, 0.1) is 11.6 Å². The van der Waals surface area contributed by atoms with E-state index in [1.54, 1.807) is 20.2 Å². The van der Waals surface area contributed by atoms with Gasteiger partial charge in [0.1, 0.15) is 22.8 Å². The number of amides is 1. The summed E-state index contributed by atoms with van der Waals surface area (Å²) in [4.78, 5) is 40.7. The number of carbonyl (C=O) groups is 3. The number of Topliss-reactive ketones (excluding diaryl/α,β-unsaturated/α-hetero) is 2. The topological polar surface area (TPSA) is 161 Å². The van der Waals surface area contributed by atoms with Crippen LogP contribution >= 0.6 is 0 Å². The molecule has 0 bridgehead atoms. The van der Waals surface area contributed by atoms with Gasteiger partial charge in [0.2, 0.25) is 5.78 Å². The second-order valence-corrected chi connectivity index (χ2v) is 10.2. The van der Waals surface area contributed by atoms with Crippen LogP contribution in [-0.4, -0.2) is 68.5 Å². The van der Waals surface area contributed by atoms with Gasteiger partial charge in [-0.15, -0.1) is 0 Å². The lowest BCUT2D eigenvalue weighted by atomic mass is 9.58. The third-order valence-electron chi connectivity index (χ3n) is 7.90. The number of rotatable bonds is 4. The lowest BCUT2D eigenvalue weighted by Crippen LogP contribution is -2.63. The highest BCUT2D eigenvalue weighted by Gasteiger charge is 2.63. The van der Waals surface area contributed by atoms with Crippen molar-refractivity contribution in [1.29, 1.82) is 0 Å². The van der Waals surface area contributed by atoms with Gasteiger partial charge in [-0.1, -0.05) is 48.6 Å². The molecule has 0 aromatic heterocycles. The van der Waals surface area contributed by atoms with Crippen LogP contribution < -0.4 is 5.73 Å². The molecule has 0 saturated carbocycles. The minimum absolute atomic E-state index is 0.0130. The fourth-order valence-corrected chi connectivity index (χ4v) is 6.18. The summed E-state index contributed by atoms with van der Waals surface area (Å²) in [5.74, 6) is -6.64. The summed E-state index contributed by atoms with van der Waals surface area (Å²) >= 11 is 0. The average Bonchev–Trinajstić information content (AvgIpc) is 2.86. The van der Waals surface area contributed by atoms with Crippen LogP contribution in [0.25, 0.3) is 12.2 Å². The predicted octanol–water partition coefficient (Wildman–Crippen LogP) is 2.29. The van der Waals surface area contributed by atoms with E-state index in [0.717, 1.165) is 5.56 Å². The minimum Gasteiger partial charge on any atom is -0.510 e. The van der Waals surface area contributed by atoms with Crippen molar-refractivity contribution in [3.8, 4) is 5.75 Å². The van der Waals surface area contributed by atoms with E-state index >= 15 is 0 Å². The molecule has 9 heteroatoms. The number of nitrogens with zero attached hydrogens (tertiary/aromatic N) is 1. The SMILES string of the molecule is CN(C)[C@@H]1C(O)=C(C(N)=O)C(=O)[C@@]2(O)C(O)=C3C(=O)c4c(O)ccc(/C=C/c5ccccc5)c4C[C@H]3C[C@H]12. The van der Waals surface area contributed by atoms with Crippen LogP contribution in [0.4, 0.5) is 0 Å². The number of fused-ring (bicyclic) bond motifs is 3. The van der Waals surface area contributed by atoms with Crippen molar-refractivity contribution in [3.63, 3.8) is 0 Å². The van der Waals surface area contributed by atoms with Gasteiger partial charge < -0.3 is 26.2 Å².